The number of hydrogen-bond acceptors (Lipinski definition) is 5. The van der Waals surface area contributed by atoms with Gasteiger partial charge in [0.15, 0.2) is 0 Å². The van der Waals surface area contributed by atoms with Crippen molar-refractivity contribution in [1.82, 2.24) is 0 Å². The summed E-state index contributed by atoms with van der Waals surface area (Å²) in [6.07, 6.45) is 2.19. The second kappa shape index (κ2) is 7.00. The van der Waals surface area contributed by atoms with Crippen molar-refractivity contribution in [1.29, 1.82) is 0 Å². The van der Waals surface area contributed by atoms with Gasteiger partial charge in [0.2, 0.25) is 0 Å². The molecule has 1 amide bonds. The number of nitro benzene ring substituents is 1. The molecule has 0 bridgehead atoms. The molecule has 6 nitrogen and oxygen atoms in total. The first-order chi connectivity index (χ1) is 11.5. The number of carbonyl (C=O) groups excluding carboxylic acids is 1. The minimum atomic E-state index is -0.380. The lowest BCUT2D eigenvalue weighted by Gasteiger charge is -2.32. The van der Waals surface area contributed by atoms with Crippen molar-refractivity contribution in [3.8, 4) is 0 Å². The lowest BCUT2D eigenvalue weighted by Crippen LogP contribution is -2.34. The van der Waals surface area contributed by atoms with E-state index < -0.39 is 0 Å². The number of nitrogens with one attached hydrogen (secondary N) is 1. The van der Waals surface area contributed by atoms with Crippen molar-refractivity contribution in [2.75, 3.05) is 23.3 Å². The van der Waals surface area contributed by atoms with Crippen LogP contribution in [0.5, 0.6) is 0 Å². The van der Waals surface area contributed by atoms with E-state index in [-0.39, 0.29) is 16.5 Å². The fraction of sp³-hybridized carbons (Fsp3) is 0.353. The average molecular weight is 345 g/mol. The molecule has 1 aliphatic rings. The van der Waals surface area contributed by atoms with Gasteiger partial charge in [-0.1, -0.05) is 13.0 Å². The molecule has 2 aromatic rings. The van der Waals surface area contributed by atoms with Gasteiger partial charge >= 0.3 is 0 Å². The molecule has 1 aliphatic heterocycles. The molecule has 1 aromatic carbocycles. The van der Waals surface area contributed by atoms with Crippen molar-refractivity contribution < 1.29 is 9.72 Å². The van der Waals surface area contributed by atoms with Crippen LogP contribution in [-0.2, 0) is 0 Å². The quantitative estimate of drug-likeness (QED) is 0.667. The first-order valence-electron chi connectivity index (χ1n) is 7.93. The lowest BCUT2D eigenvalue weighted by atomic mass is 9.99. The van der Waals surface area contributed by atoms with Crippen LogP contribution in [0.25, 0.3) is 0 Å². The maximum absolute atomic E-state index is 12.1. The smallest absolute Gasteiger partial charge is 0.294 e. The number of carbonyl (C=O) groups is 1. The van der Waals surface area contributed by atoms with Crippen LogP contribution in [-0.4, -0.2) is 23.9 Å². The number of thiophene rings is 1. The molecule has 1 atom stereocenters. The zero-order chi connectivity index (χ0) is 17.1. The highest BCUT2D eigenvalue weighted by atomic mass is 32.1. The van der Waals surface area contributed by atoms with E-state index in [1.807, 2.05) is 5.38 Å². The van der Waals surface area contributed by atoms with Crippen LogP contribution in [0.2, 0.25) is 0 Å². The molecule has 0 aliphatic carbocycles. The summed E-state index contributed by atoms with van der Waals surface area (Å²) in [6, 6.07) is 8.42. The summed E-state index contributed by atoms with van der Waals surface area (Å²) < 4.78 is 0. The Morgan fingerprint density at radius 3 is 2.92 bits per heavy atom. The van der Waals surface area contributed by atoms with E-state index in [9.17, 15) is 14.9 Å². The third-order valence-electron chi connectivity index (χ3n) is 4.17. The highest BCUT2D eigenvalue weighted by Crippen LogP contribution is 2.34. The fourth-order valence-corrected chi connectivity index (χ4v) is 3.64. The van der Waals surface area contributed by atoms with Gasteiger partial charge in [-0.2, -0.15) is 0 Å². The fourth-order valence-electron chi connectivity index (χ4n) is 3.02. The molecule has 1 N–H and O–H groups in total. The Morgan fingerprint density at radius 2 is 2.25 bits per heavy atom. The van der Waals surface area contributed by atoms with Gasteiger partial charge in [0, 0.05) is 24.8 Å². The molecule has 1 saturated heterocycles. The predicted molar refractivity (Wildman–Crippen MR) is 96.0 cm³/mol. The summed E-state index contributed by atoms with van der Waals surface area (Å²) in [5.41, 5.74) is 1.10. The summed E-state index contributed by atoms with van der Waals surface area (Å²) in [7, 11) is 0. The number of rotatable bonds is 4. The molecule has 1 aromatic heterocycles. The molecule has 0 radical (unpaired) electrons. The van der Waals surface area contributed by atoms with E-state index in [4.69, 9.17) is 0 Å². The Morgan fingerprint density at radius 1 is 1.42 bits per heavy atom. The zero-order valence-electron chi connectivity index (χ0n) is 13.4. The van der Waals surface area contributed by atoms with Gasteiger partial charge in [-0.25, -0.2) is 0 Å². The predicted octanol–water partition coefficient (Wildman–Crippen LogP) is 4.14. The molecular formula is C17H19N3O3S. The van der Waals surface area contributed by atoms with Gasteiger partial charge < -0.3 is 10.2 Å². The minimum absolute atomic E-state index is 0.0353. The summed E-state index contributed by atoms with van der Waals surface area (Å²) in [6.45, 7) is 3.81. The molecule has 7 heteroatoms. The molecule has 126 valence electrons. The van der Waals surface area contributed by atoms with Crippen LogP contribution in [0.1, 0.15) is 29.4 Å². The van der Waals surface area contributed by atoms with Crippen LogP contribution in [0, 0.1) is 16.0 Å². The topological polar surface area (TPSA) is 75.5 Å². The Balaban J connectivity index is 1.84. The van der Waals surface area contributed by atoms with Gasteiger partial charge in [0.05, 0.1) is 9.80 Å². The standard InChI is InChI=1S/C17H19N3O3S/c1-12-4-2-8-19(11-12)14-7-6-13(10-15(14)20(22)23)18-17(21)16-5-3-9-24-16/h3,5-7,9-10,12H,2,4,8,11H2,1H3,(H,18,21)/t12-/m1/s1. The van der Waals surface area contributed by atoms with Crippen LogP contribution in [0.4, 0.5) is 17.1 Å². The highest BCUT2D eigenvalue weighted by Gasteiger charge is 2.24. The maximum atomic E-state index is 12.1. The Hall–Kier alpha value is -2.41. The Labute approximate surface area is 144 Å². The second-order valence-corrected chi connectivity index (χ2v) is 7.03. The van der Waals surface area contributed by atoms with Gasteiger partial charge in [-0.15, -0.1) is 11.3 Å². The Kier molecular flexibility index (Phi) is 4.80. The molecule has 3 rings (SSSR count). The largest absolute Gasteiger partial charge is 0.366 e. The summed E-state index contributed by atoms with van der Waals surface area (Å²) >= 11 is 1.33. The molecule has 2 heterocycles. The number of piperidine rings is 1. The van der Waals surface area contributed by atoms with Crippen LogP contribution in [0.15, 0.2) is 35.7 Å². The van der Waals surface area contributed by atoms with E-state index in [1.54, 1.807) is 24.3 Å². The highest BCUT2D eigenvalue weighted by molar-refractivity contribution is 7.12. The van der Waals surface area contributed by atoms with Gasteiger partial charge in [0.25, 0.3) is 11.6 Å². The van der Waals surface area contributed by atoms with Crippen molar-refractivity contribution in [2.45, 2.75) is 19.8 Å². The number of nitrogens with zero attached hydrogens (tertiary/aromatic N) is 2. The first-order valence-corrected chi connectivity index (χ1v) is 8.81. The number of hydrogen-bond donors (Lipinski definition) is 1. The lowest BCUT2D eigenvalue weighted by molar-refractivity contribution is -0.384. The van der Waals surface area contributed by atoms with E-state index in [1.165, 1.54) is 17.4 Å². The third-order valence-corrected chi connectivity index (χ3v) is 5.04. The average Bonchev–Trinajstić information content (AvgIpc) is 3.09. The number of amides is 1. The molecule has 0 unspecified atom stereocenters. The molecule has 24 heavy (non-hydrogen) atoms. The van der Waals surface area contributed by atoms with E-state index >= 15 is 0 Å². The monoisotopic (exact) mass is 345 g/mol. The summed E-state index contributed by atoms with van der Waals surface area (Å²) in [5.74, 6) is 0.273. The maximum Gasteiger partial charge on any atom is 0.294 e. The molecule has 1 fully saturated rings. The number of benzene rings is 1. The SMILES string of the molecule is C[C@@H]1CCCN(c2ccc(NC(=O)c3cccs3)cc2[N+](=O)[O-])C1. The first kappa shape index (κ1) is 16.4. The minimum Gasteiger partial charge on any atom is -0.366 e. The second-order valence-electron chi connectivity index (χ2n) is 6.09. The van der Waals surface area contributed by atoms with Crippen LogP contribution < -0.4 is 10.2 Å². The van der Waals surface area contributed by atoms with E-state index in [2.05, 4.69) is 17.1 Å². The van der Waals surface area contributed by atoms with Gasteiger partial charge in [-0.3, -0.25) is 14.9 Å². The Bertz CT molecular complexity index is 746. The number of anilines is 2. The van der Waals surface area contributed by atoms with E-state index in [0.29, 0.717) is 22.2 Å². The van der Waals surface area contributed by atoms with Crippen LogP contribution >= 0.6 is 11.3 Å². The zero-order valence-corrected chi connectivity index (χ0v) is 14.2. The van der Waals surface area contributed by atoms with Crippen molar-refractivity contribution in [3.63, 3.8) is 0 Å². The van der Waals surface area contributed by atoms with Crippen LogP contribution in [0.3, 0.4) is 0 Å². The van der Waals surface area contributed by atoms with Gasteiger partial charge in [0.1, 0.15) is 5.69 Å². The third kappa shape index (κ3) is 3.56. The number of nitro groups is 1. The van der Waals surface area contributed by atoms with Gasteiger partial charge in [-0.05, 0) is 42.3 Å². The summed E-state index contributed by atoms with van der Waals surface area (Å²) in [5, 5.41) is 16.0. The van der Waals surface area contributed by atoms with E-state index in [0.717, 1.165) is 25.9 Å². The van der Waals surface area contributed by atoms with Crippen molar-refractivity contribution in [3.05, 3.63) is 50.7 Å². The normalized spacial score (nSPS) is 17.5. The molecular weight excluding hydrogens is 326 g/mol. The molecule has 0 saturated carbocycles. The van der Waals surface area contributed by atoms with Crippen molar-refractivity contribution >= 4 is 34.3 Å². The molecule has 0 spiro atoms. The van der Waals surface area contributed by atoms with Crippen molar-refractivity contribution in [2.24, 2.45) is 5.92 Å². The summed E-state index contributed by atoms with van der Waals surface area (Å²) in [4.78, 5) is 25.8.